The average molecular weight is 748 g/mol. The summed E-state index contributed by atoms with van der Waals surface area (Å²) in [5.74, 6) is 0.541. The monoisotopic (exact) mass is 746 g/mol. The molecule has 5 heterocycles. The van der Waals surface area contributed by atoms with Crippen LogP contribution < -0.4 is 19.1 Å². The van der Waals surface area contributed by atoms with Crippen molar-refractivity contribution < 1.29 is 33.6 Å². The summed E-state index contributed by atoms with van der Waals surface area (Å²) in [6.45, 7) is 3.34. The van der Waals surface area contributed by atoms with Crippen molar-refractivity contribution >= 4 is 41.1 Å². The number of fused-ring (bicyclic) bond motifs is 3. The van der Waals surface area contributed by atoms with Gasteiger partial charge < -0.3 is 24.5 Å². The smallest absolute Gasteiger partial charge is 0.416 e. The van der Waals surface area contributed by atoms with E-state index in [9.17, 15) is 19.9 Å². The lowest BCUT2D eigenvalue weighted by molar-refractivity contribution is -0.605. The van der Waals surface area contributed by atoms with E-state index in [1.165, 1.54) is 17.3 Å². The lowest BCUT2D eigenvalue weighted by atomic mass is 9.82. The zero-order chi connectivity index (χ0) is 36.4. The fourth-order valence-electron chi connectivity index (χ4n) is 7.22. The number of aromatic nitrogens is 2. The summed E-state index contributed by atoms with van der Waals surface area (Å²) in [5, 5.41) is 22.9. The van der Waals surface area contributed by atoms with Gasteiger partial charge in [-0.15, -0.1) is 0 Å². The van der Waals surface area contributed by atoms with E-state index in [1.54, 1.807) is 55.8 Å². The molecule has 1 N–H and O–H groups in total. The first-order valence-corrected chi connectivity index (χ1v) is 18.3. The van der Waals surface area contributed by atoms with Crippen molar-refractivity contribution in [1.29, 1.82) is 0 Å². The highest BCUT2D eigenvalue weighted by atomic mass is 35.5. The van der Waals surface area contributed by atoms with Crippen LogP contribution >= 0.6 is 23.2 Å². The molecule has 2 atom stereocenters. The van der Waals surface area contributed by atoms with E-state index in [0.29, 0.717) is 63.7 Å². The number of hydrogen-bond donors (Lipinski definition) is 1. The number of carboxylic acid groups (broad SMARTS) is 1. The minimum Gasteiger partial charge on any atom is -0.619 e. The molecule has 0 spiro atoms. The fraction of sp³-hybridized carbons (Fsp3) is 0.385. The van der Waals surface area contributed by atoms with Crippen molar-refractivity contribution in [2.75, 3.05) is 38.3 Å². The first-order chi connectivity index (χ1) is 25.2. The SMILES string of the molecule is COc1ccc([C@@H](Cc2c(Cl)c[n+]([O-])cc2Cl)c2cc(CN(C(=O)O[C@H]3CN4CCC3CC4)c3ccccn3)ccc2C(=O)O)cc1OCC1CC1. The number of piperidine rings is 3. The lowest BCUT2D eigenvalue weighted by Crippen LogP contribution is -2.53. The zero-order valence-electron chi connectivity index (χ0n) is 28.8. The number of benzene rings is 2. The van der Waals surface area contributed by atoms with Crippen LogP contribution in [0.1, 0.15) is 64.2 Å². The van der Waals surface area contributed by atoms with E-state index < -0.39 is 18.0 Å². The van der Waals surface area contributed by atoms with Crippen molar-refractivity contribution in [2.24, 2.45) is 11.8 Å². The van der Waals surface area contributed by atoms with Gasteiger partial charge in [-0.2, -0.15) is 4.73 Å². The van der Waals surface area contributed by atoms with Crippen LogP contribution in [-0.4, -0.2) is 66.5 Å². The minimum atomic E-state index is -1.13. The molecule has 4 fully saturated rings. The van der Waals surface area contributed by atoms with Crippen molar-refractivity contribution in [2.45, 2.75) is 50.7 Å². The van der Waals surface area contributed by atoms with E-state index >= 15 is 0 Å². The molecule has 3 aliphatic heterocycles. The molecule has 0 unspecified atom stereocenters. The van der Waals surface area contributed by atoms with E-state index in [1.807, 2.05) is 12.1 Å². The minimum absolute atomic E-state index is 0.0614. The molecular weight excluding hydrogens is 707 g/mol. The molecule has 4 aliphatic rings. The molecule has 1 saturated carbocycles. The third kappa shape index (κ3) is 8.06. The summed E-state index contributed by atoms with van der Waals surface area (Å²) in [6.07, 6.45) is 7.68. The molecule has 3 saturated heterocycles. The predicted octanol–water partition coefficient (Wildman–Crippen LogP) is 7.13. The molecule has 2 bridgehead atoms. The highest BCUT2D eigenvalue weighted by molar-refractivity contribution is 6.35. The second kappa shape index (κ2) is 15.6. The number of halogens is 2. The maximum absolute atomic E-state index is 13.9. The average Bonchev–Trinajstić information content (AvgIpc) is 3.98. The van der Waals surface area contributed by atoms with Gasteiger partial charge in [-0.05, 0) is 104 Å². The molecular formula is C39H40Cl2N4O7. The van der Waals surface area contributed by atoms with Crippen LogP contribution in [0.5, 0.6) is 11.5 Å². The number of carbonyl (C=O) groups excluding carboxylic acids is 1. The van der Waals surface area contributed by atoms with Crippen LogP contribution in [0.4, 0.5) is 10.6 Å². The molecule has 2 aromatic heterocycles. The number of hydrogen-bond acceptors (Lipinski definition) is 8. The van der Waals surface area contributed by atoms with Crippen molar-refractivity contribution in [1.82, 2.24) is 9.88 Å². The highest BCUT2D eigenvalue weighted by Gasteiger charge is 2.38. The Bertz CT molecular complexity index is 1910. The van der Waals surface area contributed by atoms with Crippen molar-refractivity contribution in [3.05, 3.63) is 116 Å². The Balaban J connectivity index is 1.28. The summed E-state index contributed by atoms with van der Waals surface area (Å²) in [5.41, 5.74) is 2.38. The van der Waals surface area contributed by atoms with Gasteiger partial charge in [-0.3, -0.25) is 9.80 Å². The van der Waals surface area contributed by atoms with Crippen molar-refractivity contribution in [3.63, 3.8) is 0 Å². The van der Waals surface area contributed by atoms with Crippen LogP contribution in [0.3, 0.4) is 0 Å². The zero-order valence-corrected chi connectivity index (χ0v) is 30.3. The van der Waals surface area contributed by atoms with Crippen LogP contribution in [0.15, 0.2) is 73.2 Å². The first-order valence-electron chi connectivity index (χ1n) is 17.5. The van der Waals surface area contributed by atoms with Crippen LogP contribution in [0, 0.1) is 17.0 Å². The third-order valence-electron chi connectivity index (χ3n) is 10.3. The van der Waals surface area contributed by atoms with E-state index in [4.69, 9.17) is 37.4 Å². The maximum atomic E-state index is 13.9. The molecule has 1 aliphatic carbocycles. The Morgan fingerprint density at radius 1 is 1.04 bits per heavy atom. The molecule has 11 nitrogen and oxygen atoms in total. The normalized spacial score (nSPS) is 19.9. The van der Waals surface area contributed by atoms with Gasteiger partial charge in [0.2, 0.25) is 0 Å². The van der Waals surface area contributed by atoms with Crippen LogP contribution in [-0.2, 0) is 17.7 Å². The molecule has 272 valence electrons. The van der Waals surface area contributed by atoms with Gasteiger partial charge in [-0.1, -0.05) is 47.5 Å². The number of nitrogens with zero attached hydrogens (tertiary/aromatic N) is 4. The molecule has 52 heavy (non-hydrogen) atoms. The number of pyridine rings is 2. The summed E-state index contributed by atoms with van der Waals surface area (Å²) in [6, 6.07) is 15.9. The largest absolute Gasteiger partial charge is 0.619 e. The Hall–Kier alpha value is -4.58. The quantitative estimate of drug-likeness (QED) is 0.112. The van der Waals surface area contributed by atoms with Gasteiger partial charge in [0, 0.05) is 24.2 Å². The van der Waals surface area contributed by atoms with Gasteiger partial charge in [0.05, 0.1) is 25.8 Å². The molecule has 1 amide bonds. The van der Waals surface area contributed by atoms with Crippen molar-refractivity contribution in [3.8, 4) is 11.5 Å². The number of carbonyl (C=O) groups is 2. The summed E-state index contributed by atoms with van der Waals surface area (Å²) >= 11 is 13.2. The number of carboxylic acids is 1. The van der Waals surface area contributed by atoms with Gasteiger partial charge in [-0.25, -0.2) is 14.6 Å². The molecule has 0 radical (unpaired) electrons. The van der Waals surface area contributed by atoms with E-state index in [2.05, 4.69) is 9.88 Å². The first kappa shape index (κ1) is 35.8. The summed E-state index contributed by atoms with van der Waals surface area (Å²) < 4.78 is 18.5. The standard InChI is InChI=1S/C39H40Cl2N4O7/c1-50-34-10-8-27(17-35(34)51-23-24-5-6-24)29(18-31-32(40)20-44(49)21-33(31)41)30-16-25(7-9-28(30)38(46)47)19-45(37-4-2-3-13-42-37)39(48)52-36-22-43-14-11-26(36)12-15-43/h2-4,7-10,13,16-17,20-21,24,26,29,36H,5-6,11-12,14-15,18-19,22-23H2,1H3,(H,46,47)/t29-,36+/m1/s1. The lowest BCUT2D eigenvalue weighted by Gasteiger charge is -2.44. The summed E-state index contributed by atoms with van der Waals surface area (Å²) in [7, 11) is 1.57. The number of rotatable bonds is 13. The predicted molar refractivity (Wildman–Crippen MR) is 195 cm³/mol. The maximum Gasteiger partial charge on any atom is 0.416 e. The fourth-order valence-corrected chi connectivity index (χ4v) is 7.82. The molecule has 4 aromatic rings. The molecule has 8 rings (SSSR count). The second-order valence-corrected chi connectivity index (χ2v) is 14.6. The number of ether oxygens (including phenoxy) is 3. The van der Waals surface area contributed by atoms with Gasteiger partial charge in [0.1, 0.15) is 22.0 Å². The van der Waals surface area contributed by atoms with E-state index in [-0.39, 0.29) is 34.7 Å². The number of amides is 1. The number of methoxy groups -OCH3 is 1. The molecule has 2 aromatic carbocycles. The second-order valence-electron chi connectivity index (χ2n) is 13.8. The van der Waals surface area contributed by atoms with Gasteiger partial charge in [0.15, 0.2) is 23.9 Å². The topological polar surface area (TPSA) is 128 Å². The van der Waals surface area contributed by atoms with Crippen LogP contribution in [0.25, 0.3) is 0 Å². The number of aromatic carboxylic acids is 1. The Labute approximate surface area is 312 Å². The Morgan fingerprint density at radius 3 is 2.44 bits per heavy atom. The van der Waals surface area contributed by atoms with Crippen LogP contribution in [0.2, 0.25) is 10.0 Å². The van der Waals surface area contributed by atoms with Gasteiger partial charge >= 0.3 is 12.1 Å². The third-order valence-corrected chi connectivity index (χ3v) is 10.9. The van der Waals surface area contributed by atoms with E-state index in [0.717, 1.165) is 44.3 Å². The highest BCUT2D eigenvalue weighted by Crippen LogP contribution is 2.40. The number of anilines is 1. The van der Waals surface area contributed by atoms with Gasteiger partial charge in [0.25, 0.3) is 0 Å². The Morgan fingerprint density at radius 2 is 1.81 bits per heavy atom. The summed E-state index contributed by atoms with van der Waals surface area (Å²) in [4.78, 5) is 35.1. The Kier molecular flexibility index (Phi) is 10.7. The molecule has 13 heteroatoms.